The highest BCUT2D eigenvalue weighted by atomic mass is 16.5. The molecule has 2 fully saturated rings. The van der Waals surface area contributed by atoms with Gasteiger partial charge >= 0.3 is 0 Å². The molecular formula is C15H19NO4. The lowest BCUT2D eigenvalue weighted by Gasteiger charge is -2.44. The average Bonchev–Trinajstić information content (AvgIpc) is 2.99. The molecule has 5 heteroatoms. The fourth-order valence-corrected chi connectivity index (χ4v) is 2.72. The van der Waals surface area contributed by atoms with Crippen LogP contribution in [0.5, 0.6) is 0 Å². The van der Waals surface area contributed by atoms with Crippen LogP contribution in [0.2, 0.25) is 0 Å². The standard InChI is InChI=1S/C15H19NO4/c17-14(4-3-13-2-1-8-19-13)16-7-11-20-15(12-16)5-9-18-10-6-15/h1-4,8H,5-7,9-12H2. The maximum absolute atomic E-state index is 12.2. The van der Waals surface area contributed by atoms with Crippen LogP contribution in [0, 0.1) is 0 Å². The smallest absolute Gasteiger partial charge is 0.246 e. The van der Waals surface area contributed by atoms with Crippen LogP contribution < -0.4 is 0 Å². The summed E-state index contributed by atoms with van der Waals surface area (Å²) >= 11 is 0. The Balaban J connectivity index is 1.62. The maximum atomic E-state index is 12.2. The highest BCUT2D eigenvalue weighted by molar-refractivity contribution is 5.91. The van der Waals surface area contributed by atoms with E-state index in [-0.39, 0.29) is 11.5 Å². The van der Waals surface area contributed by atoms with E-state index in [4.69, 9.17) is 13.9 Å². The van der Waals surface area contributed by atoms with Crippen LogP contribution in [0.25, 0.3) is 6.08 Å². The number of furan rings is 1. The van der Waals surface area contributed by atoms with Crippen molar-refractivity contribution in [1.29, 1.82) is 0 Å². The summed E-state index contributed by atoms with van der Waals surface area (Å²) in [5.41, 5.74) is -0.204. The first-order valence-electron chi connectivity index (χ1n) is 7.00. The third-order valence-electron chi connectivity index (χ3n) is 3.90. The highest BCUT2D eigenvalue weighted by Gasteiger charge is 2.39. The summed E-state index contributed by atoms with van der Waals surface area (Å²) in [4.78, 5) is 14.1. The molecule has 0 saturated carbocycles. The number of nitrogens with zero attached hydrogens (tertiary/aromatic N) is 1. The summed E-state index contributed by atoms with van der Waals surface area (Å²) in [6.07, 6.45) is 6.58. The molecule has 108 valence electrons. The minimum Gasteiger partial charge on any atom is -0.465 e. The summed E-state index contributed by atoms with van der Waals surface area (Å²) in [5, 5.41) is 0. The van der Waals surface area contributed by atoms with E-state index in [1.54, 1.807) is 24.5 Å². The summed E-state index contributed by atoms with van der Waals surface area (Å²) in [6.45, 7) is 3.32. The van der Waals surface area contributed by atoms with E-state index in [2.05, 4.69) is 0 Å². The Morgan fingerprint density at radius 3 is 2.90 bits per heavy atom. The number of hydrogen-bond acceptors (Lipinski definition) is 4. The molecule has 0 atom stereocenters. The lowest BCUT2D eigenvalue weighted by molar-refractivity contribution is -0.164. The summed E-state index contributed by atoms with van der Waals surface area (Å²) in [6, 6.07) is 3.62. The Morgan fingerprint density at radius 1 is 1.30 bits per heavy atom. The quantitative estimate of drug-likeness (QED) is 0.772. The van der Waals surface area contributed by atoms with Crippen molar-refractivity contribution in [2.75, 3.05) is 32.9 Å². The predicted octanol–water partition coefficient (Wildman–Crippen LogP) is 1.70. The fourth-order valence-electron chi connectivity index (χ4n) is 2.72. The number of amides is 1. The molecule has 3 rings (SSSR count). The maximum Gasteiger partial charge on any atom is 0.246 e. The van der Waals surface area contributed by atoms with Gasteiger partial charge in [-0.25, -0.2) is 0 Å². The van der Waals surface area contributed by atoms with Gasteiger partial charge in [-0.2, -0.15) is 0 Å². The van der Waals surface area contributed by atoms with Crippen molar-refractivity contribution in [2.45, 2.75) is 18.4 Å². The molecule has 5 nitrogen and oxygen atoms in total. The van der Waals surface area contributed by atoms with Crippen LogP contribution in [0.3, 0.4) is 0 Å². The molecule has 3 heterocycles. The molecule has 0 radical (unpaired) electrons. The number of carbonyl (C=O) groups is 1. The minimum absolute atomic E-state index is 0.00978. The molecule has 0 aromatic carbocycles. The second kappa shape index (κ2) is 5.81. The van der Waals surface area contributed by atoms with Crippen molar-refractivity contribution < 1.29 is 18.7 Å². The van der Waals surface area contributed by atoms with Gasteiger partial charge in [-0.05, 0) is 18.2 Å². The molecule has 1 aromatic heterocycles. The van der Waals surface area contributed by atoms with Gasteiger partial charge in [-0.3, -0.25) is 4.79 Å². The van der Waals surface area contributed by atoms with Gasteiger partial charge in [0, 0.05) is 38.7 Å². The zero-order chi connectivity index (χ0) is 13.8. The monoisotopic (exact) mass is 277 g/mol. The number of morpholine rings is 1. The molecule has 0 unspecified atom stereocenters. The highest BCUT2D eigenvalue weighted by Crippen LogP contribution is 2.29. The van der Waals surface area contributed by atoms with Crippen molar-refractivity contribution >= 4 is 12.0 Å². The number of hydrogen-bond donors (Lipinski definition) is 0. The van der Waals surface area contributed by atoms with Crippen molar-refractivity contribution in [3.8, 4) is 0 Å². The van der Waals surface area contributed by atoms with Crippen molar-refractivity contribution in [3.63, 3.8) is 0 Å². The van der Waals surface area contributed by atoms with Crippen molar-refractivity contribution in [1.82, 2.24) is 4.90 Å². The lowest BCUT2D eigenvalue weighted by atomic mass is 9.92. The Morgan fingerprint density at radius 2 is 2.15 bits per heavy atom. The zero-order valence-electron chi connectivity index (χ0n) is 11.4. The third kappa shape index (κ3) is 2.94. The second-order valence-electron chi connectivity index (χ2n) is 5.25. The zero-order valence-corrected chi connectivity index (χ0v) is 11.4. The van der Waals surface area contributed by atoms with Gasteiger partial charge < -0.3 is 18.8 Å². The second-order valence-corrected chi connectivity index (χ2v) is 5.25. The molecule has 0 bridgehead atoms. The van der Waals surface area contributed by atoms with E-state index in [9.17, 15) is 4.79 Å². The molecule has 2 aliphatic rings. The van der Waals surface area contributed by atoms with Crippen molar-refractivity contribution in [3.05, 3.63) is 30.2 Å². The van der Waals surface area contributed by atoms with Crippen LogP contribution in [-0.2, 0) is 14.3 Å². The number of carbonyl (C=O) groups excluding carboxylic acids is 1. The Labute approximate surface area is 118 Å². The van der Waals surface area contributed by atoms with E-state index in [1.807, 2.05) is 11.0 Å². The van der Waals surface area contributed by atoms with E-state index < -0.39 is 0 Å². The van der Waals surface area contributed by atoms with Gasteiger partial charge in [0.2, 0.25) is 5.91 Å². The van der Waals surface area contributed by atoms with Gasteiger partial charge in [0.25, 0.3) is 0 Å². The molecule has 1 aromatic rings. The first-order valence-corrected chi connectivity index (χ1v) is 7.00. The summed E-state index contributed by atoms with van der Waals surface area (Å²) < 4.78 is 16.5. The van der Waals surface area contributed by atoms with E-state index in [1.165, 1.54) is 0 Å². The average molecular weight is 277 g/mol. The topological polar surface area (TPSA) is 51.9 Å². The lowest BCUT2D eigenvalue weighted by Crippen LogP contribution is -2.55. The van der Waals surface area contributed by atoms with Gasteiger partial charge in [0.05, 0.1) is 25.0 Å². The Hall–Kier alpha value is -1.59. The Kier molecular flexibility index (Phi) is 3.89. The van der Waals surface area contributed by atoms with Crippen LogP contribution >= 0.6 is 0 Å². The predicted molar refractivity (Wildman–Crippen MR) is 73.1 cm³/mol. The molecule has 0 aliphatic carbocycles. The molecule has 2 aliphatic heterocycles. The largest absolute Gasteiger partial charge is 0.465 e. The van der Waals surface area contributed by atoms with Gasteiger partial charge in [-0.15, -0.1) is 0 Å². The minimum atomic E-state index is -0.204. The first kappa shape index (κ1) is 13.4. The molecule has 2 saturated heterocycles. The van der Waals surface area contributed by atoms with E-state index >= 15 is 0 Å². The molecule has 20 heavy (non-hydrogen) atoms. The SMILES string of the molecule is O=C(C=Cc1ccco1)N1CCOC2(CCOCC2)C1. The van der Waals surface area contributed by atoms with Gasteiger partial charge in [0.15, 0.2) is 0 Å². The molecule has 1 amide bonds. The van der Waals surface area contributed by atoms with E-state index in [0.717, 1.165) is 12.8 Å². The molecular weight excluding hydrogens is 258 g/mol. The van der Waals surface area contributed by atoms with Gasteiger partial charge in [-0.1, -0.05) is 0 Å². The normalized spacial score (nSPS) is 22.5. The summed E-state index contributed by atoms with van der Waals surface area (Å²) in [5.74, 6) is 0.697. The number of ether oxygens (including phenoxy) is 2. The van der Waals surface area contributed by atoms with Crippen LogP contribution in [-0.4, -0.2) is 49.3 Å². The fraction of sp³-hybridized carbons (Fsp3) is 0.533. The number of rotatable bonds is 2. The van der Waals surface area contributed by atoms with Crippen molar-refractivity contribution in [2.24, 2.45) is 0 Å². The first-order chi connectivity index (χ1) is 9.77. The summed E-state index contributed by atoms with van der Waals surface area (Å²) in [7, 11) is 0. The van der Waals surface area contributed by atoms with E-state index in [0.29, 0.717) is 38.7 Å². The molecule has 1 spiro atoms. The molecule has 0 N–H and O–H groups in total. The van der Waals surface area contributed by atoms with Crippen LogP contribution in [0.15, 0.2) is 28.9 Å². The van der Waals surface area contributed by atoms with Crippen LogP contribution in [0.1, 0.15) is 18.6 Å². The van der Waals surface area contributed by atoms with Crippen LogP contribution in [0.4, 0.5) is 0 Å². The van der Waals surface area contributed by atoms with Gasteiger partial charge in [0.1, 0.15) is 5.76 Å². The third-order valence-corrected chi connectivity index (χ3v) is 3.90. The Bertz CT molecular complexity index is 469.